The molecule has 1 aromatic carbocycles. The van der Waals surface area contributed by atoms with Crippen molar-refractivity contribution in [1.82, 2.24) is 0 Å². The third kappa shape index (κ3) is 2.29. The van der Waals surface area contributed by atoms with Crippen LogP contribution in [0.5, 0.6) is 5.75 Å². The van der Waals surface area contributed by atoms with Gasteiger partial charge >= 0.3 is 0 Å². The third-order valence-corrected chi connectivity index (χ3v) is 3.38. The second kappa shape index (κ2) is 4.94. The number of rotatable bonds is 3. The minimum Gasteiger partial charge on any atom is -0.485 e. The smallest absolute Gasteiger partial charge is 0.246 e. The van der Waals surface area contributed by atoms with Crippen LogP contribution in [-0.2, 0) is 4.74 Å². The van der Waals surface area contributed by atoms with Gasteiger partial charge in [0.1, 0.15) is 18.3 Å². The highest BCUT2D eigenvalue weighted by atomic mass is 16.5. The van der Waals surface area contributed by atoms with Gasteiger partial charge < -0.3 is 13.9 Å². The number of para-hydroxylation sites is 1. The zero-order valence-corrected chi connectivity index (χ0v) is 10.8. The van der Waals surface area contributed by atoms with E-state index < -0.39 is 0 Å². The molecule has 4 nitrogen and oxygen atoms in total. The van der Waals surface area contributed by atoms with Crippen molar-refractivity contribution in [2.45, 2.75) is 32.0 Å². The number of hydrogen-bond donors (Lipinski definition) is 0. The molecule has 1 aromatic heterocycles. The van der Waals surface area contributed by atoms with Crippen molar-refractivity contribution >= 4 is 11.0 Å². The minimum absolute atomic E-state index is 0.107. The molecule has 2 aromatic rings. The van der Waals surface area contributed by atoms with Gasteiger partial charge in [0.25, 0.3) is 0 Å². The summed E-state index contributed by atoms with van der Waals surface area (Å²) in [5, 5.41) is 9.94. The molecule has 0 spiro atoms. The lowest BCUT2D eigenvalue weighted by Crippen LogP contribution is -2.18. The summed E-state index contributed by atoms with van der Waals surface area (Å²) in [6.07, 6.45) is 2.46. The van der Waals surface area contributed by atoms with E-state index in [9.17, 15) is 0 Å². The molecule has 2 unspecified atom stereocenters. The molecular weight excluding hydrogens is 242 g/mol. The fourth-order valence-corrected chi connectivity index (χ4v) is 2.42. The molecule has 0 radical (unpaired) electrons. The Morgan fingerprint density at radius 1 is 1.37 bits per heavy atom. The maximum atomic E-state index is 9.10. The maximum absolute atomic E-state index is 9.10. The van der Waals surface area contributed by atoms with E-state index in [0.717, 1.165) is 18.2 Å². The molecule has 3 rings (SSSR count). The van der Waals surface area contributed by atoms with E-state index >= 15 is 0 Å². The van der Waals surface area contributed by atoms with Crippen molar-refractivity contribution < 1.29 is 13.9 Å². The standard InChI is InChI=1S/C15H15NO3/c1-10-6-7-11(18-10)9-17-15-12-4-2-3-5-13(12)19-14(15)8-16/h2-5,10-11H,6-7,9H2,1H3. The Hall–Kier alpha value is -1.99. The van der Waals surface area contributed by atoms with Crippen LogP contribution in [-0.4, -0.2) is 18.8 Å². The summed E-state index contributed by atoms with van der Waals surface area (Å²) in [5.41, 5.74) is 0.676. The van der Waals surface area contributed by atoms with Gasteiger partial charge in [0.05, 0.1) is 17.6 Å². The summed E-state index contributed by atoms with van der Waals surface area (Å²) >= 11 is 0. The zero-order valence-electron chi connectivity index (χ0n) is 10.8. The topological polar surface area (TPSA) is 55.4 Å². The van der Waals surface area contributed by atoms with Gasteiger partial charge in [-0.2, -0.15) is 5.26 Å². The van der Waals surface area contributed by atoms with Gasteiger partial charge in [0.15, 0.2) is 5.75 Å². The molecule has 1 saturated heterocycles. The lowest BCUT2D eigenvalue weighted by molar-refractivity contribution is 0.0265. The van der Waals surface area contributed by atoms with Crippen molar-refractivity contribution in [3.05, 3.63) is 30.0 Å². The van der Waals surface area contributed by atoms with Gasteiger partial charge in [-0.15, -0.1) is 0 Å². The molecular formula is C15H15NO3. The quantitative estimate of drug-likeness (QED) is 0.846. The summed E-state index contributed by atoms with van der Waals surface area (Å²) in [7, 11) is 0. The Bertz CT molecular complexity index is 626. The van der Waals surface area contributed by atoms with Gasteiger partial charge in [-0.1, -0.05) is 12.1 Å². The minimum atomic E-state index is 0.107. The highest BCUT2D eigenvalue weighted by Gasteiger charge is 2.24. The maximum Gasteiger partial charge on any atom is 0.246 e. The van der Waals surface area contributed by atoms with E-state index in [4.69, 9.17) is 19.2 Å². The van der Waals surface area contributed by atoms with Crippen molar-refractivity contribution in [3.63, 3.8) is 0 Å². The van der Waals surface area contributed by atoms with Crippen LogP contribution in [0.25, 0.3) is 11.0 Å². The van der Waals surface area contributed by atoms with Crippen LogP contribution >= 0.6 is 0 Å². The normalized spacial score (nSPS) is 22.5. The number of fused-ring (bicyclic) bond motifs is 1. The Morgan fingerprint density at radius 2 is 2.21 bits per heavy atom. The first kappa shape index (κ1) is 12.1. The lowest BCUT2D eigenvalue weighted by atomic mass is 10.2. The van der Waals surface area contributed by atoms with Crippen LogP contribution in [0.1, 0.15) is 25.5 Å². The highest BCUT2D eigenvalue weighted by Crippen LogP contribution is 2.33. The van der Waals surface area contributed by atoms with E-state index in [2.05, 4.69) is 6.92 Å². The summed E-state index contributed by atoms with van der Waals surface area (Å²) in [6.45, 7) is 2.52. The molecule has 0 aliphatic carbocycles. The summed E-state index contributed by atoms with van der Waals surface area (Å²) in [4.78, 5) is 0. The number of furan rings is 1. The van der Waals surface area contributed by atoms with E-state index in [-0.39, 0.29) is 11.9 Å². The molecule has 4 heteroatoms. The van der Waals surface area contributed by atoms with Crippen LogP contribution in [0, 0.1) is 11.3 Å². The lowest BCUT2D eigenvalue weighted by Gasteiger charge is -2.11. The van der Waals surface area contributed by atoms with Gasteiger partial charge in [0.2, 0.25) is 5.76 Å². The zero-order chi connectivity index (χ0) is 13.2. The van der Waals surface area contributed by atoms with Crippen LogP contribution in [0.4, 0.5) is 0 Å². The van der Waals surface area contributed by atoms with Crippen LogP contribution in [0.15, 0.2) is 28.7 Å². The van der Waals surface area contributed by atoms with E-state index in [1.165, 1.54) is 0 Å². The Kier molecular flexibility index (Phi) is 3.14. The first-order valence-electron chi connectivity index (χ1n) is 6.48. The molecule has 2 heterocycles. The van der Waals surface area contributed by atoms with Crippen LogP contribution < -0.4 is 4.74 Å². The van der Waals surface area contributed by atoms with Crippen LogP contribution in [0.3, 0.4) is 0 Å². The first-order valence-corrected chi connectivity index (χ1v) is 6.48. The number of nitrogens with zero attached hydrogens (tertiary/aromatic N) is 1. The average molecular weight is 257 g/mol. The van der Waals surface area contributed by atoms with Gasteiger partial charge in [-0.25, -0.2) is 0 Å². The number of hydrogen-bond acceptors (Lipinski definition) is 4. The van der Waals surface area contributed by atoms with E-state index in [1.54, 1.807) is 0 Å². The second-order valence-corrected chi connectivity index (χ2v) is 4.83. The predicted molar refractivity (Wildman–Crippen MR) is 70.0 cm³/mol. The van der Waals surface area contributed by atoms with Gasteiger partial charge in [-0.3, -0.25) is 0 Å². The highest BCUT2D eigenvalue weighted by molar-refractivity contribution is 5.86. The van der Waals surface area contributed by atoms with Gasteiger partial charge in [-0.05, 0) is 31.9 Å². The Labute approximate surface area is 111 Å². The second-order valence-electron chi connectivity index (χ2n) is 4.83. The molecule has 0 N–H and O–H groups in total. The third-order valence-electron chi connectivity index (χ3n) is 3.38. The first-order chi connectivity index (χ1) is 9.28. The number of benzene rings is 1. The molecule has 19 heavy (non-hydrogen) atoms. The molecule has 2 atom stereocenters. The van der Waals surface area contributed by atoms with Crippen molar-refractivity contribution in [3.8, 4) is 11.8 Å². The fraction of sp³-hybridized carbons (Fsp3) is 0.400. The Balaban J connectivity index is 1.82. The molecule has 0 saturated carbocycles. The largest absolute Gasteiger partial charge is 0.485 e. The monoisotopic (exact) mass is 257 g/mol. The van der Waals surface area contributed by atoms with Gasteiger partial charge in [0, 0.05) is 0 Å². The fourth-order valence-electron chi connectivity index (χ4n) is 2.42. The average Bonchev–Trinajstić information content (AvgIpc) is 2.99. The van der Waals surface area contributed by atoms with Crippen LogP contribution in [0.2, 0.25) is 0 Å². The Morgan fingerprint density at radius 3 is 2.95 bits per heavy atom. The van der Waals surface area contributed by atoms with Crippen molar-refractivity contribution in [1.29, 1.82) is 5.26 Å². The number of nitriles is 1. The summed E-state index contributed by atoms with van der Waals surface area (Å²) < 4.78 is 16.9. The molecule has 1 aliphatic rings. The molecule has 0 amide bonds. The summed E-state index contributed by atoms with van der Waals surface area (Å²) in [5.74, 6) is 0.758. The summed E-state index contributed by atoms with van der Waals surface area (Å²) in [6, 6.07) is 9.54. The van der Waals surface area contributed by atoms with Crippen molar-refractivity contribution in [2.24, 2.45) is 0 Å². The molecule has 1 aliphatic heterocycles. The van der Waals surface area contributed by atoms with E-state index in [0.29, 0.717) is 24.0 Å². The van der Waals surface area contributed by atoms with E-state index in [1.807, 2.05) is 30.3 Å². The molecule has 1 fully saturated rings. The molecule has 98 valence electrons. The number of ether oxygens (including phenoxy) is 2. The van der Waals surface area contributed by atoms with Crippen molar-refractivity contribution in [2.75, 3.05) is 6.61 Å². The SMILES string of the molecule is CC1CCC(COc2c(C#N)oc3ccccc23)O1. The predicted octanol–water partition coefficient (Wildman–Crippen LogP) is 3.25. The molecule has 0 bridgehead atoms.